The van der Waals surface area contributed by atoms with Crippen LogP contribution in [0.4, 0.5) is 16.0 Å². The molecule has 4 aromatic rings. The van der Waals surface area contributed by atoms with Crippen molar-refractivity contribution < 1.29 is 4.39 Å². The van der Waals surface area contributed by atoms with Gasteiger partial charge in [-0.1, -0.05) is 18.2 Å². The van der Waals surface area contributed by atoms with Crippen molar-refractivity contribution in [1.29, 1.82) is 0 Å². The van der Waals surface area contributed by atoms with E-state index in [0.29, 0.717) is 0 Å². The molecule has 0 bridgehead atoms. The average molecular weight is 512 g/mol. The van der Waals surface area contributed by atoms with Gasteiger partial charge in [-0.2, -0.15) is 0 Å². The van der Waals surface area contributed by atoms with E-state index in [9.17, 15) is 4.39 Å². The summed E-state index contributed by atoms with van der Waals surface area (Å²) in [6.45, 7) is 5.52. The summed E-state index contributed by atoms with van der Waals surface area (Å²) in [6.07, 6.45) is 9.01. The number of piperidine rings is 1. The van der Waals surface area contributed by atoms with Crippen LogP contribution in [0.15, 0.2) is 60.8 Å². The van der Waals surface area contributed by atoms with Crippen molar-refractivity contribution in [1.82, 2.24) is 24.5 Å². The predicted octanol–water partition coefficient (Wildman–Crippen LogP) is 5.34. The molecule has 0 unspecified atom stereocenters. The molecule has 0 aliphatic carbocycles. The van der Waals surface area contributed by atoms with Crippen LogP contribution in [0.25, 0.3) is 17.0 Å². The van der Waals surface area contributed by atoms with Crippen LogP contribution < -0.4 is 9.80 Å². The van der Waals surface area contributed by atoms with E-state index in [1.165, 1.54) is 44.8 Å². The SMILES string of the molecule is Fc1cccc([C@H]2CCCN2c2ccc3ncc(-c4cccc(N5CCC(N6CCCC6)CC5)n4)n3n2)c1. The van der Waals surface area contributed by atoms with E-state index in [0.717, 1.165) is 72.8 Å². The summed E-state index contributed by atoms with van der Waals surface area (Å²) < 4.78 is 15.9. The summed E-state index contributed by atoms with van der Waals surface area (Å²) in [6, 6.07) is 18.1. The second kappa shape index (κ2) is 9.98. The molecule has 6 heterocycles. The van der Waals surface area contributed by atoms with Crippen LogP contribution in [0.3, 0.4) is 0 Å². The van der Waals surface area contributed by atoms with Gasteiger partial charge in [-0.15, -0.1) is 5.10 Å². The molecule has 0 saturated carbocycles. The van der Waals surface area contributed by atoms with Crippen molar-refractivity contribution in [2.45, 2.75) is 50.6 Å². The molecule has 3 aromatic heterocycles. The molecule has 1 atom stereocenters. The Labute approximate surface area is 222 Å². The molecule has 0 spiro atoms. The Morgan fingerprint density at radius 3 is 2.47 bits per heavy atom. The first-order valence-electron chi connectivity index (χ1n) is 14.1. The molecule has 1 aromatic carbocycles. The molecule has 3 fully saturated rings. The minimum Gasteiger partial charge on any atom is -0.356 e. The Hall–Kier alpha value is -3.52. The summed E-state index contributed by atoms with van der Waals surface area (Å²) >= 11 is 0. The highest BCUT2D eigenvalue weighted by atomic mass is 19.1. The molecular formula is C30H34FN7. The van der Waals surface area contributed by atoms with E-state index < -0.39 is 0 Å². The minimum absolute atomic E-state index is 0.118. The lowest BCUT2D eigenvalue weighted by Crippen LogP contribution is -2.44. The molecule has 7 rings (SSSR count). The summed E-state index contributed by atoms with van der Waals surface area (Å²) in [5, 5.41) is 5.02. The van der Waals surface area contributed by atoms with Crippen molar-refractivity contribution in [3.05, 3.63) is 72.2 Å². The van der Waals surface area contributed by atoms with E-state index in [2.05, 4.69) is 31.8 Å². The Kier molecular flexibility index (Phi) is 6.20. The number of likely N-dealkylation sites (tertiary alicyclic amines) is 1. The van der Waals surface area contributed by atoms with Gasteiger partial charge in [0.05, 0.1) is 17.9 Å². The van der Waals surface area contributed by atoms with Gasteiger partial charge >= 0.3 is 0 Å². The zero-order valence-corrected chi connectivity index (χ0v) is 21.7. The smallest absolute Gasteiger partial charge is 0.154 e. The Bertz CT molecular complexity index is 1420. The maximum atomic E-state index is 14.0. The third kappa shape index (κ3) is 4.41. The van der Waals surface area contributed by atoms with Crippen LogP contribution in [-0.2, 0) is 0 Å². The Morgan fingerprint density at radius 2 is 1.63 bits per heavy atom. The molecular weight excluding hydrogens is 477 g/mol. The van der Waals surface area contributed by atoms with Crippen LogP contribution in [0, 0.1) is 5.82 Å². The third-order valence-electron chi connectivity index (χ3n) is 8.57. The zero-order chi connectivity index (χ0) is 25.5. The second-order valence-corrected chi connectivity index (χ2v) is 10.9. The van der Waals surface area contributed by atoms with Gasteiger partial charge in [-0.3, -0.25) is 0 Å². The van der Waals surface area contributed by atoms with Gasteiger partial charge in [0.1, 0.15) is 23.1 Å². The van der Waals surface area contributed by atoms with Crippen LogP contribution in [0.1, 0.15) is 50.1 Å². The lowest BCUT2D eigenvalue weighted by molar-refractivity contribution is 0.207. The van der Waals surface area contributed by atoms with Gasteiger partial charge in [0, 0.05) is 25.7 Å². The van der Waals surface area contributed by atoms with Gasteiger partial charge in [-0.25, -0.2) is 18.9 Å². The molecule has 38 heavy (non-hydrogen) atoms. The van der Waals surface area contributed by atoms with Crippen LogP contribution in [0.2, 0.25) is 0 Å². The van der Waals surface area contributed by atoms with E-state index in [1.807, 2.05) is 35.0 Å². The number of aromatic nitrogens is 4. The van der Waals surface area contributed by atoms with Crippen LogP contribution in [-0.4, -0.2) is 63.2 Å². The summed E-state index contributed by atoms with van der Waals surface area (Å²) in [5.74, 6) is 1.71. The van der Waals surface area contributed by atoms with Crippen molar-refractivity contribution in [3.8, 4) is 11.4 Å². The lowest BCUT2D eigenvalue weighted by atomic mass is 10.0. The molecule has 0 amide bonds. The maximum absolute atomic E-state index is 14.0. The molecule has 0 N–H and O–H groups in total. The summed E-state index contributed by atoms with van der Waals surface area (Å²) in [5.41, 5.74) is 3.56. The molecule has 3 aliphatic rings. The monoisotopic (exact) mass is 511 g/mol. The zero-order valence-electron chi connectivity index (χ0n) is 21.7. The van der Waals surface area contributed by atoms with Crippen molar-refractivity contribution >= 4 is 17.3 Å². The maximum Gasteiger partial charge on any atom is 0.154 e. The fourth-order valence-electron chi connectivity index (χ4n) is 6.60. The molecule has 0 radical (unpaired) electrons. The normalized spacial score (nSPS) is 21.1. The first-order valence-corrected chi connectivity index (χ1v) is 14.1. The number of pyridine rings is 1. The summed E-state index contributed by atoms with van der Waals surface area (Å²) in [4.78, 5) is 17.1. The highest BCUT2D eigenvalue weighted by Gasteiger charge is 2.29. The predicted molar refractivity (Wildman–Crippen MR) is 148 cm³/mol. The van der Waals surface area contributed by atoms with Gasteiger partial charge in [0.15, 0.2) is 5.65 Å². The van der Waals surface area contributed by atoms with Crippen molar-refractivity contribution in [3.63, 3.8) is 0 Å². The van der Waals surface area contributed by atoms with E-state index in [4.69, 9.17) is 10.1 Å². The number of hydrogen-bond acceptors (Lipinski definition) is 6. The Balaban J connectivity index is 1.14. The average Bonchev–Trinajstić information content (AvgIpc) is 3.74. The molecule has 7 nitrogen and oxygen atoms in total. The van der Waals surface area contributed by atoms with E-state index in [-0.39, 0.29) is 11.9 Å². The van der Waals surface area contributed by atoms with Crippen LogP contribution in [0.5, 0.6) is 0 Å². The third-order valence-corrected chi connectivity index (χ3v) is 8.57. The number of nitrogens with zero attached hydrogens (tertiary/aromatic N) is 7. The van der Waals surface area contributed by atoms with Crippen molar-refractivity contribution in [2.24, 2.45) is 0 Å². The number of imidazole rings is 1. The molecule has 3 aliphatic heterocycles. The first-order chi connectivity index (χ1) is 18.7. The number of anilines is 2. The van der Waals surface area contributed by atoms with Gasteiger partial charge in [0.2, 0.25) is 0 Å². The Morgan fingerprint density at radius 1 is 0.789 bits per heavy atom. The highest BCUT2D eigenvalue weighted by molar-refractivity contribution is 5.62. The van der Waals surface area contributed by atoms with Gasteiger partial charge in [0.25, 0.3) is 0 Å². The summed E-state index contributed by atoms with van der Waals surface area (Å²) in [7, 11) is 0. The number of fused-ring (bicyclic) bond motifs is 1. The number of halogens is 1. The first kappa shape index (κ1) is 23.6. The van der Waals surface area contributed by atoms with Crippen molar-refractivity contribution in [2.75, 3.05) is 42.5 Å². The van der Waals surface area contributed by atoms with Gasteiger partial charge < -0.3 is 14.7 Å². The van der Waals surface area contributed by atoms with Crippen LogP contribution >= 0.6 is 0 Å². The highest BCUT2D eigenvalue weighted by Crippen LogP contribution is 2.36. The van der Waals surface area contributed by atoms with E-state index >= 15 is 0 Å². The molecule has 8 heteroatoms. The number of rotatable bonds is 5. The van der Waals surface area contributed by atoms with Gasteiger partial charge in [-0.05, 0) is 93.6 Å². The van der Waals surface area contributed by atoms with E-state index in [1.54, 1.807) is 12.1 Å². The number of benzene rings is 1. The largest absolute Gasteiger partial charge is 0.356 e. The quantitative estimate of drug-likeness (QED) is 0.361. The topological polar surface area (TPSA) is 52.8 Å². The fourth-order valence-corrected chi connectivity index (χ4v) is 6.60. The lowest BCUT2D eigenvalue weighted by Gasteiger charge is -2.37. The molecule has 3 saturated heterocycles. The standard InChI is InChI=1S/C30H34FN7/c31-23-7-3-6-22(20-23)26-9-5-17-37(26)30-12-11-28-32-21-27(38(28)34-30)25-8-4-10-29(33-25)36-18-13-24(14-19-36)35-15-1-2-16-35/h3-4,6-8,10-12,20-21,24,26H,1-2,5,9,13-19H2/t26-/m1/s1. The molecule has 196 valence electrons. The minimum atomic E-state index is -0.194. The second-order valence-electron chi connectivity index (χ2n) is 10.9. The fraction of sp³-hybridized carbons (Fsp3) is 0.433. The number of hydrogen-bond donors (Lipinski definition) is 0.